The van der Waals surface area contributed by atoms with Gasteiger partial charge in [0.05, 0.1) is 6.10 Å². The minimum absolute atomic E-state index is 0.134. The highest BCUT2D eigenvalue weighted by atomic mass is 16.5. The van der Waals surface area contributed by atoms with Crippen LogP contribution in [0.2, 0.25) is 0 Å². The van der Waals surface area contributed by atoms with E-state index in [1.54, 1.807) is 0 Å². The van der Waals surface area contributed by atoms with Gasteiger partial charge in [-0.2, -0.15) is 0 Å². The van der Waals surface area contributed by atoms with Gasteiger partial charge in [-0.25, -0.2) is 0 Å². The predicted molar refractivity (Wildman–Crippen MR) is 71.7 cm³/mol. The summed E-state index contributed by atoms with van der Waals surface area (Å²) in [7, 11) is 0. The number of hydrogen-bond acceptors (Lipinski definition) is 2. The number of ether oxygens (including phenoxy) is 1. The molecule has 0 saturated heterocycles. The van der Waals surface area contributed by atoms with Crippen molar-refractivity contribution in [1.29, 1.82) is 0 Å². The summed E-state index contributed by atoms with van der Waals surface area (Å²) in [4.78, 5) is 0. The van der Waals surface area contributed by atoms with Crippen LogP contribution >= 0.6 is 0 Å². The first-order chi connectivity index (χ1) is 8.39. The highest BCUT2D eigenvalue weighted by molar-refractivity contribution is 5.41. The van der Waals surface area contributed by atoms with Crippen molar-refractivity contribution in [1.82, 2.24) is 0 Å². The standard InChI is InChI=1S/C16H22O2/c1-11-4-5-14-12(8-11)13(17)9-16(18-14)7-6-15(2,3)10-16/h4-5,8,13,17H,6-7,9-10H2,1-3H3/t13-,16?/m1/s1. The minimum atomic E-state index is -0.373. The molecule has 2 nitrogen and oxygen atoms in total. The molecule has 0 aromatic heterocycles. The Bertz CT molecular complexity index is 478. The first kappa shape index (κ1) is 12.0. The van der Waals surface area contributed by atoms with Gasteiger partial charge in [-0.1, -0.05) is 25.5 Å². The zero-order valence-electron chi connectivity index (χ0n) is 11.5. The van der Waals surface area contributed by atoms with E-state index in [9.17, 15) is 5.11 Å². The van der Waals surface area contributed by atoms with Gasteiger partial charge in [0.2, 0.25) is 0 Å². The predicted octanol–water partition coefficient (Wildman–Crippen LogP) is 3.76. The largest absolute Gasteiger partial charge is 0.487 e. The molecule has 2 atom stereocenters. The summed E-state index contributed by atoms with van der Waals surface area (Å²) in [6.45, 7) is 6.64. The number of rotatable bonds is 0. The summed E-state index contributed by atoms with van der Waals surface area (Å²) >= 11 is 0. The van der Waals surface area contributed by atoms with Crippen molar-refractivity contribution in [2.45, 2.75) is 58.2 Å². The Morgan fingerprint density at radius 3 is 2.72 bits per heavy atom. The van der Waals surface area contributed by atoms with Crippen molar-refractivity contribution < 1.29 is 9.84 Å². The Kier molecular flexibility index (Phi) is 2.50. The topological polar surface area (TPSA) is 29.5 Å². The van der Waals surface area contributed by atoms with Crippen molar-refractivity contribution in [3.63, 3.8) is 0 Å². The number of hydrogen-bond donors (Lipinski definition) is 1. The van der Waals surface area contributed by atoms with Crippen LogP contribution in [0.15, 0.2) is 18.2 Å². The van der Waals surface area contributed by atoms with Crippen LogP contribution in [0.5, 0.6) is 5.75 Å². The van der Waals surface area contributed by atoms with Crippen LogP contribution < -0.4 is 4.74 Å². The number of fused-ring (bicyclic) bond motifs is 1. The van der Waals surface area contributed by atoms with E-state index in [2.05, 4.69) is 26.8 Å². The highest BCUT2D eigenvalue weighted by Crippen LogP contribution is 2.52. The summed E-state index contributed by atoms with van der Waals surface area (Å²) in [6, 6.07) is 6.12. The summed E-state index contributed by atoms with van der Waals surface area (Å²) in [6.07, 6.45) is 3.66. The fourth-order valence-corrected chi connectivity index (χ4v) is 3.63. The molecule has 1 aromatic carbocycles. The van der Waals surface area contributed by atoms with Crippen molar-refractivity contribution >= 4 is 0 Å². The van der Waals surface area contributed by atoms with Crippen LogP contribution in [-0.4, -0.2) is 10.7 Å². The molecule has 98 valence electrons. The Morgan fingerprint density at radius 1 is 1.28 bits per heavy atom. The van der Waals surface area contributed by atoms with E-state index in [0.29, 0.717) is 5.41 Å². The summed E-state index contributed by atoms with van der Waals surface area (Å²) < 4.78 is 6.28. The molecule has 0 bridgehead atoms. The van der Waals surface area contributed by atoms with Gasteiger partial charge in [0.1, 0.15) is 11.4 Å². The monoisotopic (exact) mass is 246 g/mol. The van der Waals surface area contributed by atoms with Gasteiger partial charge in [0.15, 0.2) is 0 Å². The van der Waals surface area contributed by atoms with E-state index in [4.69, 9.17) is 4.74 Å². The van der Waals surface area contributed by atoms with E-state index >= 15 is 0 Å². The van der Waals surface area contributed by atoms with Gasteiger partial charge in [0, 0.05) is 12.0 Å². The molecule has 1 aromatic rings. The summed E-state index contributed by atoms with van der Waals surface area (Å²) in [5, 5.41) is 10.4. The lowest BCUT2D eigenvalue weighted by Gasteiger charge is -2.39. The van der Waals surface area contributed by atoms with E-state index in [1.165, 1.54) is 12.0 Å². The smallest absolute Gasteiger partial charge is 0.125 e. The molecule has 1 saturated carbocycles. The third-order valence-electron chi connectivity index (χ3n) is 4.47. The fourth-order valence-electron chi connectivity index (χ4n) is 3.63. The molecule has 0 amide bonds. The van der Waals surface area contributed by atoms with E-state index in [0.717, 1.165) is 30.6 Å². The number of aliphatic hydroxyl groups is 1. The minimum Gasteiger partial charge on any atom is -0.487 e. The maximum Gasteiger partial charge on any atom is 0.125 e. The second-order valence-corrected chi connectivity index (χ2v) is 6.89. The van der Waals surface area contributed by atoms with Crippen LogP contribution in [0, 0.1) is 12.3 Å². The molecule has 1 unspecified atom stereocenters. The molecule has 18 heavy (non-hydrogen) atoms. The van der Waals surface area contributed by atoms with Gasteiger partial charge in [-0.3, -0.25) is 0 Å². The van der Waals surface area contributed by atoms with Gasteiger partial charge >= 0.3 is 0 Å². The number of benzene rings is 1. The quantitative estimate of drug-likeness (QED) is 0.755. The van der Waals surface area contributed by atoms with E-state index in [1.807, 2.05) is 12.1 Å². The zero-order valence-corrected chi connectivity index (χ0v) is 11.5. The fraction of sp³-hybridized carbons (Fsp3) is 0.625. The molecule has 1 fully saturated rings. The summed E-state index contributed by atoms with van der Waals surface area (Å²) in [5.74, 6) is 0.886. The Hall–Kier alpha value is -1.02. The first-order valence-corrected chi connectivity index (χ1v) is 6.87. The van der Waals surface area contributed by atoms with Crippen LogP contribution in [0.3, 0.4) is 0 Å². The number of aryl methyl sites for hydroxylation is 1. The third-order valence-corrected chi connectivity index (χ3v) is 4.47. The van der Waals surface area contributed by atoms with Gasteiger partial charge < -0.3 is 9.84 Å². The second-order valence-electron chi connectivity index (χ2n) is 6.89. The lowest BCUT2D eigenvalue weighted by atomic mass is 9.83. The Morgan fingerprint density at radius 2 is 2.06 bits per heavy atom. The zero-order chi connectivity index (χ0) is 13.0. The van der Waals surface area contributed by atoms with Crippen LogP contribution in [0.1, 0.15) is 56.8 Å². The van der Waals surface area contributed by atoms with Gasteiger partial charge in [0.25, 0.3) is 0 Å². The maximum absolute atomic E-state index is 10.4. The lowest BCUT2D eigenvalue weighted by Crippen LogP contribution is -2.39. The second kappa shape index (κ2) is 3.74. The van der Waals surface area contributed by atoms with Crippen molar-refractivity contribution in [2.75, 3.05) is 0 Å². The number of aliphatic hydroxyl groups excluding tert-OH is 1. The lowest BCUT2D eigenvalue weighted by molar-refractivity contribution is -0.0155. The molecule has 1 heterocycles. The summed E-state index contributed by atoms with van der Waals surface area (Å²) in [5.41, 5.74) is 2.34. The molecule has 0 radical (unpaired) electrons. The molecule has 2 aliphatic rings. The van der Waals surface area contributed by atoms with Gasteiger partial charge in [-0.15, -0.1) is 0 Å². The van der Waals surface area contributed by atoms with E-state index in [-0.39, 0.29) is 11.7 Å². The normalized spacial score (nSPS) is 33.2. The maximum atomic E-state index is 10.4. The average Bonchev–Trinajstić information content (AvgIpc) is 2.56. The molecule has 2 heteroatoms. The Labute approximate surface area is 109 Å². The average molecular weight is 246 g/mol. The highest BCUT2D eigenvalue weighted by Gasteiger charge is 2.48. The van der Waals surface area contributed by atoms with Crippen molar-refractivity contribution in [2.24, 2.45) is 5.41 Å². The van der Waals surface area contributed by atoms with E-state index < -0.39 is 0 Å². The molecule has 1 aliphatic carbocycles. The molecule has 1 aliphatic heterocycles. The molecular formula is C16H22O2. The van der Waals surface area contributed by atoms with Crippen molar-refractivity contribution in [3.05, 3.63) is 29.3 Å². The van der Waals surface area contributed by atoms with Crippen LogP contribution in [0.25, 0.3) is 0 Å². The SMILES string of the molecule is Cc1ccc2c(c1)[C@H](O)CC1(CCC(C)(C)C1)O2. The van der Waals surface area contributed by atoms with Crippen molar-refractivity contribution in [3.8, 4) is 5.75 Å². The molecular weight excluding hydrogens is 224 g/mol. The van der Waals surface area contributed by atoms with Gasteiger partial charge in [-0.05, 0) is 43.7 Å². The van der Waals surface area contributed by atoms with Crippen LogP contribution in [0.4, 0.5) is 0 Å². The third kappa shape index (κ3) is 1.93. The molecule has 3 rings (SSSR count). The molecule has 1 N–H and O–H groups in total. The molecule has 1 spiro atoms. The van der Waals surface area contributed by atoms with Crippen LogP contribution in [-0.2, 0) is 0 Å². The Balaban J connectivity index is 1.95. The first-order valence-electron chi connectivity index (χ1n) is 6.87.